The number of terminal acetylenes is 1. The van der Waals surface area contributed by atoms with Gasteiger partial charge in [-0.15, -0.1) is 12.8 Å². The molecule has 0 saturated carbocycles. The van der Waals surface area contributed by atoms with Crippen LogP contribution in [0.5, 0.6) is 0 Å². The van der Waals surface area contributed by atoms with Crippen LogP contribution in [-0.2, 0) is 0 Å². The first-order valence-corrected chi connectivity index (χ1v) is 3.49. The van der Waals surface area contributed by atoms with Gasteiger partial charge in [0, 0.05) is 0 Å². The van der Waals surface area contributed by atoms with Crippen LogP contribution in [0.4, 0.5) is 0 Å². The molecule has 0 aromatic rings. The number of hydrogen-bond donors (Lipinski definition) is 1. The summed E-state index contributed by atoms with van der Waals surface area (Å²) >= 11 is 0. The number of likely N-dealkylation sites (tertiary alicyclic amines) is 1. The van der Waals surface area contributed by atoms with E-state index in [4.69, 9.17) is 0 Å². The summed E-state index contributed by atoms with van der Waals surface area (Å²) in [5.41, 5.74) is 4.50. The normalized spacial score (nSPS) is 16.1. The molecule has 0 aromatic heterocycles. The van der Waals surface area contributed by atoms with Gasteiger partial charge in [-0.3, -0.25) is 0 Å². The van der Waals surface area contributed by atoms with E-state index in [1.54, 1.807) is 0 Å². The van der Waals surface area contributed by atoms with Crippen molar-refractivity contribution in [3.05, 3.63) is 0 Å². The number of nitrogens with two attached hydrogens (primary N) is 1. The van der Waals surface area contributed by atoms with E-state index in [-0.39, 0.29) is 0 Å². The van der Waals surface area contributed by atoms with Crippen LogP contribution in [0, 0.1) is 12.8 Å². The van der Waals surface area contributed by atoms with Crippen LogP contribution in [0.25, 0.3) is 0 Å². The predicted octanol–water partition coefficient (Wildman–Crippen LogP) is 0.536. The third kappa shape index (κ3) is 7.48. The zero-order valence-electron chi connectivity index (χ0n) is 7.01. The summed E-state index contributed by atoms with van der Waals surface area (Å²) in [5, 5.41) is 0. The van der Waals surface area contributed by atoms with Crippen molar-refractivity contribution in [1.82, 2.24) is 4.90 Å². The van der Waals surface area contributed by atoms with Crippen molar-refractivity contribution in [2.75, 3.05) is 27.2 Å². The maximum absolute atomic E-state index is 4.50. The molecule has 0 atom stereocenters. The van der Waals surface area contributed by atoms with Crippen LogP contribution in [0.1, 0.15) is 12.8 Å². The summed E-state index contributed by atoms with van der Waals surface area (Å²) in [6, 6.07) is 0. The summed E-state index contributed by atoms with van der Waals surface area (Å²) < 4.78 is 0. The first-order valence-electron chi connectivity index (χ1n) is 3.49. The van der Waals surface area contributed by atoms with Gasteiger partial charge in [-0.05, 0) is 40.0 Å². The summed E-state index contributed by atoms with van der Waals surface area (Å²) in [5.74, 6) is 0. The Kier molecular flexibility index (Phi) is 13.8. The lowest BCUT2D eigenvalue weighted by atomic mass is 10.4. The van der Waals surface area contributed by atoms with Gasteiger partial charge in [-0.2, -0.15) is 0 Å². The maximum Gasteiger partial charge on any atom is -0.00213 e. The summed E-state index contributed by atoms with van der Waals surface area (Å²) in [7, 11) is 3.67. The van der Waals surface area contributed by atoms with Gasteiger partial charge in [-0.1, -0.05) is 0 Å². The van der Waals surface area contributed by atoms with Crippen molar-refractivity contribution in [3.63, 3.8) is 0 Å². The summed E-state index contributed by atoms with van der Waals surface area (Å²) in [6.45, 7) is 2.64. The second-order valence-corrected chi connectivity index (χ2v) is 2.01. The third-order valence-electron chi connectivity index (χ3n) is 1.33. The van der Waals surface area contributed by atoms with Crippen LogP contribution >= 0.6 is 0 Å². The molecule has 2 N–H and O–H groups in total. The van der Waals surface area contributed by atoms with Crippen LogP contribution in [0.2, 0.25) is 0 Å². The Bertz CT molecular complexity index is 62.9. The van der Waals surface area contributed by atoms with E-state index in [1.807, 2.05) is 0 Å². The summed E-state index contributed by atoms with van der Waals surface area (Å²) in [6.07, 6.45) is 10.8. The topological polar surface area (TPSA) is 29.3 Å². The van der Waals surface area contributed by atoms with Crippen LogP contribution < -0.4 is 5.73 Å². The molecule has 60 valence electrons. The Morgan fingerprint density at radius 1 is 1.10 bits per heavy atom. The molecule has 0 aromatic carbocycles. The van der Waals surface area contributed by atoms with Crippen molar-refractivity contribution < 1.29 is 0 Å². The Morgan fingerprint density at radius 2 is 1.40 bits per heavy atom. The quantitative estimate of drug-likeness (QED) is 0.500. The van der Waals surface area contributed by atoms with E-state index >= 15 is 0 Å². The van der Waals surface area contributed by atoms with Gasteiger partial charge >= 0.3 is 0 Å². The van der Waals surface area contributed by atoms with Crippen LogP contribution in [0.15, 0.2) is 0 Å². The maximum atomic E-state index is 4.50. The number of nitrogens with zero attached hydrogens (tertiary/aromatic N) is 1. The highest BCUT2D eigenvalue weighted by Gasteiger charge is 2.03. The molecule has 1 aliphatic rings. The monoisotopic (exact) mass is 142 g/mol. The van der Waals surface area contributed by atoms with E-state index < -0.39 is 0 Å². The highest BCUT2D eigenvalue weighted by molar-refractivity contribution is 4.59. The summed E-state index contributed by atoms with van der Waals surface area (Å²) in [4.78, 5) is 2.36. The Labute approximate surface area is 64.4 Å². The Hall–Kier alpha value is -0.520. The zero-order chi connectivity index (χ0) is 8.41. The minimum atomic E-state index is 1.32. The standard InChI is InChI=1S/C5H11N.C2H2.CH5N/c1-6-4-2-3-5-6;2*1-2/h2-5H2,1H3;1-2H;2H2,1H3. The van der Waals surface area contributed by atoms with Gasteiger partial charge < -0.3 is 10.6 Å². The van der Waals surface area contributed by atoms with Gasteiger partial charge in [-0.25, -0.2) is 0 Å². The Balaban J connectivity index is 0. The van der Waals surface area contributed by atoms with E-state index in [0.717, 1.165) is 0 Å². The molecule has 0 spiro atoms. The highest BCUT2D eigenvalue weighted by Crippen LogP contribution is 2.01. The molecular weight excluding hydrogens is 124 g/mol. The highest BCUT2D eigenvalue weighted by atomic mass is 15.1. The fraction of sp³-hybridized carbons (Fsp3) is 0.750. The van der Waals surface area contributed by atoms with Crippen LogP contribution in [-0.4, -0.2) is 32.1 Å². The van der Waals surface area contributed by atoms with Crippen molar-refractivity contribution in [2.45, 2.75) is 12.8 Å². The molecular formula is C8H18N2. The predicted molar refractivity (Wildman–Crippen MR) is 46.7 cm³/mol. The number of rotatable bonds is 0. The van der Waals surface area contributed by atoms with Gasteiger partial charge in [0.2, 0.25) is 0 Å². The lowest BCUT2D eigenvalue weighted by Gasteiger charge is -2.01. The van der Waals surface area contributed by atoms with Gasteiger partial charge in [0.25, 0.3) is 0 Å². The zero-order valence-corrected chi connectivity index (χ0v) is 7.01. The minimum Gasteiger partial charge on any atom is -0.333 e. The number of hydrogen-bond acceptors (Lipinski definition) is 2. The molecule has 0 amide bonds. The molecule has 1 saturated heterocycles. The van der Waals surface area contributed by atoms with E-state index in [1.165, 1.54) is 33.0 Å². The molecule has 1 aliphatic heterocycles. The molecule has 1 rings (SSSR count). The molecule has 1 heterocycles. The average molecular weight is 142 g/mol. The lowest BCUT2D eigenvalue weighted by Crippen LogP contribution is -2.10. The molecule has 10 heavy (non-hydrogen) atoms. The smallest absolute Gasteiger partial charge is 0.00213 e. The fourth-order valence-corrected chi connectivity index (χ4v) is 0.875. The molecule has 2 heteroatoms. The van der Waals surface area contributed by atoms with Gasteiger partial charge in [0.15, 0.2) is 0 Å². The third-order valence-corrected chi connectivity index (χ3v) is 1.33. The molecule has 2 nitrogen and oxygen atoms in total. The van der Waals surface area contributed by atoms with Gasteiger partial charge in [0.05, 0.1) is 0 Å². The fourth-order valence-electron chi connectivity index (χ4n) is 0.875. The van der Waals surface area contributed by atoms with Crippen molar-refractivity contribution in [1.29, 1.82) is 0 Å². The first-order chi connectivity index (χ1) is 4.89. The van der Waals surface area contributed by atoms with Crippen LogP contribution in [0.3, 0.4) is 0 Å². The average Bonchev–Trinajstić information content (AvgIpc) is 2.48. The molecule has 0 bridgehead atoms. The first kappa shape index (κ1) is 12.2. The second kappa shape index (κ2) is 11.3. The van der Waals surface area contributed by atoms with Gasteiger partial charge in [0.1, 0.15) is 0 Å². The van der Waals surface area contributed by atoms with E-state index in [2.05, 4.69) is 30.5 Å². The van der Waals surface area contributed by atoms with E-state index in [0.29, 0.717) is 0 Å². The molecule has 1 fully saturated rings. The largest absolute Gasteiger partial charge is 0.333 e. The molecule has 0 radical (unpaired) electrons. The molecule has 0 aliphatic carbocycles. The SMILES string of the molecule is C#C.CN.CN1CCCC1. The van der Waals surface area contributed by atoms with Crippen molar-refractivity contribution in [3.8, 4) is 12.8 Å². The Morgan fingerprint density at radius 3 is 1.50 bits per heavy atom. The second-order valence-electron chi connectivity index (χ2n) is 2.01. The van der Waals surface area contributed by atoms with Crippen molar-refractivity contribution >= 4 is 0 Å². The van der Waals surface area contributed by atoms with E-state index in [9.17, 15) is 0 Å². The molecule has 0 unspecified atom stereocenters. The van der Waals surface area contributed by atoms with Crippen molar-refractivity contribution in [2.24, 2.45) is 5.73 Å². The minimum absolute atomic E-state index is 1.32. The lowest BCUT2D eigenvalue weighted by molar-refractivity contribution is 0.418.